The lowest BCUT2D eigenvalue weighted by molar-refractivity contribution is 0.623. The van der Waals surface area contributed by atoms with Gasteiger partial charge in [0.1, 0.15) is 17.3 Å². The monoisotopic (exact) mass is 376 g/mol. The van der Waals surface area contributed by atoms with Crippen molar-refractivity contribution in [2.75, 3.05) is 10.6 Å². The molecule has 1 aromatic carbocycles. The largest absolute Gasteiger partial charge is 0.363 e. The van der Waals surface area contributed by atoms with Crippen LogP contribution in [0, 0.1) is 5.41 Å². The molecule has 8 heteroatoms. The molecule has 28 heavy (non-hydrogen) atoms. The molecule has 5 N–H and O–H groups in total. The molecule has 2 aromatic heterocycles. The van der Waals surface area contributed by atoms with Crippen molar-refractivity contribution >= 4 is 34.8 Å². The van der Waals surface area contributed by atoms with E-state index >= 15 is 0 Å². The van der Waals surface area contributed by atoms with Crippen molar-refractivity contribution in [2.45, 2.75) is 38.8 Å². The van der Waals surface area contributed by atoms with Gasteiger partial charge in [-0.25, -0.2) is 0 Å². The zero-order valence-corrected chi connectivity index (χ0v) is 16.0. The van der Waals surface area contributed by atoms with E-state index in [-0.39, 0.29) is 17.9 Å². The molecule has 0 saturated heterocycles. The van der Waals surface area contributed by atoms with E-state index in [0.29, 0.717) is 5.95 Å². The molecule has 0 aliphatic heterocycles. The third-order valence-corrected chi connectivity index (χ3v) is 4.63. The van der Waals surface area contributed by atoms with E-state index < -0.39 is 0 Å². The summed E-state index contributed by atoms with van der Waals surface area (Å²) < 4.78 is 0. The quantitative estimate of drug-likeness (QED) is 0.257. The summed E-state index contributed by atoms with van der Waals surface area (Å²) in [5.41, 5.74) is 6.31. The standard InChI is InChI=1S/C20H24N8/c1-12(2)28-23-11-17(21)25-20-26-18-15(9-10-22-18)19(27-20)24-16-8-7-13-5-3-4-6-14(13)16/h3-6,9-12,16,28H,7-8H2,1-2H3,(H4,21,22,24,25,26,27)/b23-11-/t16-/m0/s1. The van der Waals surface area contributed by atoms with Crippen LogP contribution in [0.15, 0.2) is 41.6 Å². The number of rotatable bonds is 6. The first-order valence-electron chi connectivity index (χ1n) is 9.44. The van der Waals surface area contributed by atoms with Gasteiger partial charge in [0.2, 0.25) is 5.95 Å². The first kappa shape index (κ1) is 18.0. The molecule has 3 aromatic rings. The van der Waals surface area contributed by atoms with Crippen molar-refractivity contribution < 1.29 is 0 Å². The van der Waals surface area contributed by atoms with Crippen LogP contribution in [0.25, 0.3) is 11.0 Å². The predicted octanol–water partition coefficient (Wildman–Crippen LogP) is 3.43. The maximum absolute atomic E-state index is 8.02. The predicted molar refractivity (Wildman–Crippen MR) is 113 cm³/mol. The Balaban J connectivity index is 1.56. The number of amidine groups is 1. The Morgan fingerprint density at radius 1 is 1.29 bits per heavy atom. The molecule has 1 aliphatic rings. The molecule has 0 radical (unpaired) electrons. The fraction of sp³-hybridized carbons (Fsp3) is 0.300. The minimum Gasteiger partial charge on any atom is -0.363 e. The average Bonchev–Trinajstić information content (AvgIpc) is 3.29. The molecule has 4 rings (SSSR count). The second-order valence-corrected chi connectivity index (χ2v) is 7.15. The second kappa shape index (κ2) is 7.67. The number of fused-ring (bicyclic) bond motifs is 2. The fourth-order valence-electron chi connectivity index (χ4n) is 3.38. The molecule has 144 valence electrons. The van der Waals surface area contributed by atoms with Gasteiger partial charge in [-0.15, -0.1) is 0 Å². The number of H-pyrrole nitrogens is 1. The molecule has 8 nitrogen and oxygen atoms in total. The van der Waals surface area contributed by atoms with Crippen LogP contribution >= 0.6 is 0 Å². The maximum Gasteiger partial charge on any atom is 0.232 e. The van der Waals surface area contributed by atoms with Gasteiger partial charge in [0.05, 0.1) is 17.6 Å². The van der Waals surface area contributed by atoms with E-state index in [1.807, 2.05) is 26.1 Å². The van der Waals surface area contributed by atoms with Gasteiger partial charge < -0.3 is 21.0 Å². The first-order chi connectivity index (χ1) is 13.6. The summed E-state index contributed by atoms with van der Waals surface area (Å²) in [4.78, 5) is 12.2. The number of hydrogen-bond acceptors (Lipinski definition) is 6. The summed E-state index contributed by atoms with van der Waals surface area (Å²) in [5, 5.41) is 19.4. The summed E-state index contributed by atoms with van der Waals surface area (Å²) in [6.07, 6.45) is 5.34. The summed E-state index contributed by atoms with van der Waals surface area (Å²) in [5.74, 6) is 1.21. The average molecular weight is 376 g/mol. The van der Waals surface area contributed by atoms with Crippen molar-refractivity contribution in [2.24, 2.45) is 5.10 Å². The SMILES string of the molecule is CC(C)N/N=C\C(=N)Nc1nc(N[C@H]2CCc3ccccc32)c2cc[nH]c2n1. The third kappa shape index (κ3) is 3.80. The Bertz CT molecular complexity index is 1020. The number of nitrogens with zero attached hydrogens (tertiary/aromatic N) is 3. The molecule has 1 atom stereocenters. The molecular weight excluding hydrogens is 352 g/mol. The number of anilines is 2. The van der Waals surface area contributed by atoms with Crippen molar-refractivity contribution in [3.8, 4) is 0 Å². The summed E-state index contributed by atoms with van der Waals surface area (Å²) in [6, 6.07) is 10.9. The first-order valence-corrected chi connectivity index (χ1v) is 9.44. The second-order valence-electron chi connectivity index (χ2n) is 7.15. The molecule has 0 amide bonds. The highest BCUT2D eigenvalue weighted by atomic mass is 15.3. The van der Waals surface area contributed by atoms with E-state index in [0.717, 1.165) is 29.7 Å². The van der Waals surface area contributed by atoms with Crippen molar-refractivity contribution in [1.82, 2.24) is 20.4 Å². The Hall–Kier alpha value is -3.42. The number of benzene rings is 1. The Morgan fingerprint density at radius 2 is 2.14 bits per heavy atom. The van der Waals surface area contributed by atoms with Crippen LogP contribution in [-0.4, -0.2) is 33.0 Å². The van der Waals surface area contributed by atoms with Crippen LogP contribution in [-0.2, 0) is 6.42 Å². The molecular formula is C20H24N8. The Morgan fingerprint density at radius 3 is 3.00 bits per heavy atom. The van der Waals surface area contributed by atoms with Crippen molar-refractivity contribution in [1.29, 1.82) is 5.41 Å². The summed E-state index contributed by atoms with van der Waals surface area (Å²) >= 11 is 0. The Labute approximate surface area is 163 Å². The lowest BCUT2D eigenvalue weighted by Gasteiger charge is -2.16. The van der Waals surface area contributed by atoms with E-state index in [4.69, 9.17) is 5.41 Å². The molecule has 0 bridgehead atoms. The highest BCUT2D eigenvalue weighted by Gasteiger charge is 2.23. The highest BCUT2D eigenvalue weighted by Crippen LogP contribution is 2.34. The van der Waals surface area contributed by atoms with Crippen LogP contribution in [0.2, 0.25) is 0 Å². The van der Waals surface area contributed by atoms with Crippen LogP contribution in [0.1, 0.15) is 37.4 Å². The number of aromatic nitrogens is 3. The number of hydrazone groups is 1. The fourth-order valence-corrected chi connectivity index (χ4v) is 3.38. The summed E-state index contributed by atoms with van der Waals surface area (Å²) in [6.45, 7) is 3.96. The highest BCUT2D eigenvalue weighted by molar-refractivity contribution is 6.33. The molecule has 2 heterocycles. The molecule has 1 aliphatic carbocycles. The Kier molecular flexibility index (Phi) is 4.92. The van der Waals surface area contributed by atoms with E-state index in [1.54, 1.807) is 0 Å². The zero-order valence-electron chi connectivity index (χ0n) is 16.0. The van der Waals surface area contributed by atoms with Crippen molar-refractivity contribution in [3.63, 3.8) is 0 Å². The summed E-state index contributed by atoms with van der Waals surface area (Å²) in [7, 11) is 0. The lowest BCUT2D eigenvalue weighted by atomic mass is 10.1. The molecule has 0 unspecified atom stereocenters. The smallest absolute Gasteiger partial charge is 0.232 e. The van der Waals surface area contributed by atoms with Gasteiger partial charge in [-0.3, -0.25) is 5.41 Å². The number of hydrogen-bond donors (Lipinski definition) is 5. The minimum absolute atomic E-state index is 0.108. The van der Waals surface area contributed by atoms with E-state index in [1.165, 1.54) is 17.3 Å². The van der Waals surface area contributed by atoms with Crippen molar-refractivity contribution in [3.05, 3.63) is 47.7 Å². The van der Waals surface area contributed by atoms with Gasteiger partial charge in [0, 0.05) is 12.2 Å². The van der Waals surface area contributed by atoms with E-state index in [9.17, 15) is 0 Å². The van der Waals surface area contributed by atoms with Gasteiger partial charge in [-0.05, 0) is 43.9 Å². The zero-order chi connectivity index (χ0) is 19.5. The molecule has 0 saturated carbocycles. The van der Waals surface area contributed by atoms with Gasteiger partial charge in [0.25, 0.3) is 0 Å². The maximum atomic E-state index is 8.02. The molecule has 0 spiro atoms. The van der Waals surface area contributed by atoms with Gasteiger partial charge in [0.15, 0.2) is 0 Å². The van der Waals surface area contributed by atoms with Gasteiger partial charge >= 0.3 is 0 Å². The normalized spacial score (nSPS) is 15.9. The third-order valence-electron chi connectivity index (χ3n) is 4.63. The van der Waals surface area contributed by atoms with Gasteiger partial charge in [-0.2, -0.15) is 15.1 Å². The van der Waals surface area contributed by atoms with Crippen LogP contribution < -0.4 is 16.1 Å². The minimum atomic E-state index is 0.108. The van der Waals surface area contributed by atoms with Crippen LogP contribution in [0.4, 0.5) is 11.8 Å². The van der Waals surface area contributed by atoms with Crippen LogP contribution in [0.5, 0.6) is 0 Å². The molecule has 0 fully saturated rings. The number of aromatic amines is 1. The lowest BCUT2D eigenvalue weighted by Crippen LogP contribution is -2.20. The van der Waals surface area contributed by atoms with Crippen LogP contribution in [0.3, 0.4) is 0 Å². The van der Waals surface area contributed by atoms with E-state index in [2.05, 4.69) is 60.4 Å². The topological polar surface area (TPSA) is 114 Å². The number of nitrogens with one attached hydrogen (secondary N) is 5. The van der Waals surface area contributed by atoms with Gasteiger partial charge in [-0.1, -0.05) is 24.3 Å². The number of aryl methyl sites for hydroxylation is 1.